The number of anilines is 2. The highest BCUT2D eigenvalue weighted by molar-refractivity contribution is 8.00. The van der Waals surface area contributed by atoms with Gasteiger partial charge in [0.15, 0.2) is 11.4 Å². The Labute approximate surface area is 150 Å². The Kier molecular flexibility index (Phi) is 5.35. The van der Waals surface area contributed by atoms with Gasteiger partial charge in [0.25, 0.3) is 0 Å². The van der Waals surface area contributed by atoms with Crippen molar-refractivity contribution in [3.05, 3.63) is 49.1 Å². The highest BCUT2D eigenvalue weighted by atomic mass is 32.2. The molecule has 0 spiro atoms. The fourth-order valence-corrected chi connectivity index (χ4v) is 3.09. The fourth-order valence-electron chi connectivity index (χ4n) is 2.33. The number of aromatic nitrogens is 1. The molecular weight excluding hydrogens is 338 g/mol. The summed E-state index contributed by atoms with van der Waals surface area (Å²) in [5, 5.41) is 8.16. The minimum absolute atomic E-state index is 0.625. The largest absolute Gasteiger partial charge is 0.496 e. The Bertz CT molecular complexity index is 879. The van der Waals surface area contributed by atoms with Crippen molar-refractivity contribution in [2.24, 2.45) is 0 Å². The smallest absolute Gasteiger partial charge is 0.187 e. The van der Waals surface area contributed by atoms with Crippen LogP contribution in [0, 0.1) is 0 Å². The van der Waals surface area contributed by atoms with Crippen molar-refractivity contribution in [3.63, 3.8) is 0 Å². The number of methoxy groups -OCH3 is 2. The van der Waals surface area contributed by atoms with Gasteiger partial charge in [0.1, 0.15) is 11.5 Å². The first kappa shape index (κ1) is 17.0. The van der Waals surface area contributed by atoms with Gasteiger partial charge in [-0.1, -0.05) is 23.4 Å². The lowest BCUT2D eigenvalue weighted by molar-refractivity contribution is 0.405. The van der Waals surface area contributed by atoms with Crippen LogP contribution in [0.1, 0.15) is 0 Å². The summed E-state index contributed by atoms with van der Waals surface area (Å²) in [6, 6.07) is 11.5. The van der Waals surface area contributed by atoms with Crippen LogP contribution in [0.25, 0.3) is 11.0 Å². The molecule has 0 amide bonds. The molecule has 0 aliphatic carbocycles. The zero-order valence-corrected chi connectivity index (χ0v) is 14.9. The van der Waals surface area contributed by atoms with Crippen molar-refractivity contribution in [2.75, 3.05) is 30.8 Å². The van der Waals surface area contributed by atoms with Crippen molar-refractivity contribution in [2.45, 2.75) is 4.90 Å². The predicted octanol–water partition coefficient (Wildman–Crippen LogP) is 4.56. The van der Waals surface area contributed by atoms with E-state index in [1.807, 2.05) is 36.4 Å². The summed E-state index contributed by atoms with van der Waals surface area (Å²) >= 11 is 1.41. The second-order valence-electron chi connectivity index (χ2n) is 5.10. The van der Waals surface area contributed by atoms with E-state index in [9.17, 15) is 0 Å². The van der Waals surface area contributed by atoms with Gasteiger partial charge >= 0.3 is 0 Å². The third-order valence-electron chi connectivity index (χ3n) is 3.56. The minimum atomic E-state index is 0.625. The first-order valence-electron chi connectivity index (χ1n) is 7.65. The monoisotopic (exact) mass is 357 g/mol. The first-order chi connectivity index (χ1) is 12.3. The second-order valence-corrected chi connectivity index (χ2v) is 5.95. The molecule has 130 valence electrons. The van der Waals surface area contributed by atoms with Crippen molar-refractivity contribution < 1.29 is 14.0 Å². The summed E-state index contributed by atoms with van der Waals surface area (Å²) in [5.74, 6) is 2.13. The molecule has 0 fully saturated rings. The van der Waals surface area contributed by atoms with Crippen LogP contribution in [0.4, 0.5) is 11.5 Å². The van der Waals surface area contributed by atoms with Crippen LogP contribution in [0.15, 0.2) is 58.5 Å². The Morgan fingerprint density at radius 2 is 2.00 bits per heavy atom. The van der Waals surface area contributed by atoms with E-state index in [2.05, 4.69) is 21.8 Å². The molecule has 1 heterocycles. The van der Waals surface area contributed by atoms with E-state index < -0.39 is 0 Å². The fraction of sp³-hybridized carbons (Fsp3) is 0.167. The summed E-state index contributed by atoms with van der Waals surface area (Å²) < 4.78 is 19.5. The average molecular weight is 357 g/mol. The Balaban J connectivity index is 1.86. The molecule has 0 unspecified atom stereocenters. The normalized spacial score (nSPS) is 10.5. The maximum absolute atomic E-state index is 5.45. The van der Waals surface area contributed by atoms with Crippen molar-refractivity contribution >= 4 is 34.4 Å². The van der Waals surface area contributed by atoms with Gasteiger partial charge < -0.3 is 24.0 Å². The number of ether oxygens (including phenoxy) is 2. The minimum Gasteiger partial charge on any atom is -0.496 e. The number of nitrogens with one attached hydrogen (secondary N) is 2. The van der Waals surface area contributed by atoms with E-state index in [1.165, 1.54) is 11.9 Å². The quantitative estimate of drug-likeness (QED) is 0.452. The molecule has 6 nitrogen and oxygen atoms in total. The second kappa shape index (κ2) is 7.85. The van der Waals surface area contributed by atoms with Crippen LogP contribution < -0.4 is 19.5 Å². The number of nitrogens with zero attached hydrogens (tertiary/aromatic N) is 1. The lowest BCUT2D eigenvalue weighted by Gasteiger charge is -2.10. The zero-order chi connectivity index (χ0) is 17.6. The molecule has 1 aromatic heterocycles. The average Bonchev–Trinajstić information content (AvgIpc) is 3.05. The number of para-hydroxylation sites is 1. The Morgan fingerprint density at radius 1 is 1.20 bits per heavy atom. The molecule has 25 heavy (non-hydrogen) atoms. The zero-order valence-electron chi connectivity index (χ0n) is 14.0. The van der Waals surface area contributed by atoms with Crippen molar-refractivity contribution in [1.82, 2.24) is 5.16 Å². The number of hydrogen-bond acceptors (Lipinski definition) is 7. The van der Waals surface area contributed by atoms with Gasteiger partial charge in [-0.3, -0.25) is 0 Å². The predicted molar refractivity (Wildman–Crippen MR) is 102 cm³/mol. The van der Waals surface area contributed by atoms with Crippen molar-refractivity contribution in [1.29, 1.82) is 0 Å². The standard InChI is InChI=1S/C18H19N3O3S/c1-4-9-19-13-11-15-12(10-16(13)23-3)18(20-24-15)21-25-17-8-6-5-7-14(17)22-2/h4-8,10-11,19H,1,9H2,2-3H3,(H,20,21). The van der Waals surface area contributed by atoms with Crippen LogP contribution in [-0.2, 0) is 0 Å². The molecule has 0 atom stereocenters. The molecule has 0 saturated heterocycles. The molecule has 3 rings (SSSR count). The third-order valence-corrected chi connectivity index (χ3v) is 4.41. The summed E-state index contributed by atoms with van der Waals surface area (Å²) in [6.45, 7) is 4.33. The summed E-state index contributed by atoms with van der Waals surface area (Å²) in [4.78, 5) is 0.956. The maximum Gasteiger partial charge on any atom is 0.187 e. The third kappa shape index (κ3) is 3.66. The lowest BCUT2D eigenvalue weighted by Crippen LogP contribution is -2.00. The number of hydrogen-bond donors (Lipinski definition) is 2. The van der Waals surface area contributed by atoms with Gasteiger partial charge in [-0.05, 0) is 30.1 Å². The van der Waals surface area contributed by atoms with E-state index in [0.29, 0.717) is 23.7 Å². The van der Waals surface area contributed by atoms with E-state index in [1.54, 1.807) is 20.3 Å². The molecule has 0 aliphatic heterocycles. The molecule has 3 aromatic rings. The van der Waals surface area contributed by atoms with E-state index in [0.717, 1.165) is 21.7 Å². The van der Waals surface area contributed by atoms with Crippen LogP contribution in [-0.4, -0.2) is 25.9 Å². The highest BCUT2D eigenvalue weighted by Gasteiger charge is 2.14. The van der Waals surface area contributed by atoms with Gasteiger partial charge in [0, 0.05) is 12.6 Å². The van der Waals surface area contributed by atoms with Gasteiger partial charge in [0.05, 0.1) is 30.2 Å². The Morgan fingerprint density at radius 3 is 2.76 bits per heavy atom. The number of benzene rings is 2. The number of rotatable bonds is 8. The molecule has 2 aromatic carbocycles. The highest BCUT2D eigenvalue weighted by Crippen LogP contribution is 2.36. The van der Waals surface area contributed by atoms with E-state index in [-0.39, 0.29) is 0 Å². The van der Waals surface area contributed by atoms with Crippen LogP contribution >= 0.6 is 11.9 Å². The number of fused-ring (bicyclic) bond motifs is 1. The van der Waals surface area contributed by atoms with Crippen LogP contribution in [0.3, 0.4) is 0 Å². The van der Waals surface area contributed by atoms with Crippen molar-refractivity contribution in [3.8, 4) is 11.5 Å². The van der Waals surface area contributed by atoms with Gasteiger partial charge in [-0.2, -0.15) is 0 Å². The topological polar surface area (TPSA) is 68.6 Å². The van der Waals surface area contributed by atoms with E-state index >= 15 is 0 Å². The SMILES string of the molecule is C=CCNc1cc2onc(NSc3ccccc3OC)c2cc1OC. The molecular formula is C18H19N3O3S. The maximum atomic E-state index is 5.45. The summed E-state index contributed by atoms with van der Waals surface area (Å²) in [6.07, 6.45) is 1.78. The van der Waals surface area contributed by atoms with Gasteiger partial charge in [0.2, 0.25) is 0 Å². The van der Waals surface area contributed by atoms with Gasteiger partial charge in [-0.25, -0.2) is 0 Å². The molecule has 7 heteroatoms. The Hall–Kier alpha value is -2.80. The van der Waals surface area contributed by atoms with Gasteiger partial charge in [-0.15, -0.1) is 6.58 Å². The van der Waals surface area contributed by atoms with Crippen LogP contribution in [0.2, 0.25) is 0 Å². The summed E-state index contributed by atoms with van der Waals surface area (Å²) in [5.41, 5.74) is 1.49. The van der Waals surface area contributed by atoms with E-state index in [4.69, 9.17) is 14.0 Å². The molecule has 0 aliphatic rings. The molecule has 0 radical (unpaired) electrons. The molecule has 2 N–H and O–H groups in total. The summed E-state index contributed by atoms with van der Waals surface area (Å²) in [7, 11) is 3.28. The van der Waals surface area contributed by atoms with Crippen LogP contribution in [0.5, 0.6) is 11.5 Å². The first-order valence-corrected chi connectivity index (χ1v) is 8.46. The molecule has 0 saturated carbocycles. The lowest BCUT2D eigenvalue weighted by atomic mass is 10.2. The molecule has 0 bridgehead atoms.